The summed E-state index contributed by atoms with van der Waals surface area (Å²) in [6.45, 7) is 0. The van der Waals surface area contributed by atoms with Crippen molar-refractivity contribution in [2.45, 2.75) is 18.3 Å². The number of hydrogen-bond donors (Lipinski definition) is 3. The van der Waals surface area contributed by atoms with E-state index in [2.05, 4.69) is 15.3 Å². The summed E-state index contributed by atoms with van der Waals surface area (Å²) in [7, 11) is 0. The molecule has 1 heterocycles. The molecule has 1 amide bonds. The van der Waals surface area contributed by atoms with Gasteiger partial charge in [-0.15, -0.1) is 0 Å². The lowest BCUT2D eigenvalue weighted by Crippen LogP contribution is -2.12. The van der Waals surface area contributed by atoms with E-state index in [0.29, 0.717) is 27.4 Å². The minimum absolute atomic E-state index is 0.131. The number of nitrogens with one attached hydrogen (secondary N) is 2. The molecule has 0 spiro atoms. The van der Waals surface area contributed by atoms with Crippen molar-refractivity contribution in [1.82, 2.24) is 9.97 Å². The Hall–Kier alpha value is -2.86. The molecule has 25 heavy (non-hydrogen) atoms. The summed E-state index contributed by atoms with van der Waals surface area (Å²) in [6, 6.07) is 12.4. The van der Waals surface area contributed by atoms with Gasteiger partial charge in [0, 0.05) is 16.6 Å². The summed E-state index contributed by atoms with van der Waals surface area (Å²) in [5.74, 6) is 1.03. The fraction of sp³-hybridized carbons (Fsp3) is 0.167. The summed E-state index contributed by atoms with van der Waals surface area (Å²) >= 11 is 6.04. The molecular weight excluding hydrogens is 342 g/mol. The Morgan fingerprint density at radius 2 is 2.08 bits per heavy atom. The van der Waals surface area contributed by atoms with Crippen molar-refractivity contribution in [2.24, 2.45) is 0 Å². The molecule has 1 saturated carbocycles. The van der Waals surface area contributed by atoms with Gasteiger partial charge in [0.05, 0.1) is 10.9 Å². The Bertz CT molecular complexity index is 1050. The summed E-state index contributed by atoms with van der Waals surface area (Å²) in [6.07, 6.45) is -0.269. The zero-order chi connectivity index (χ0) is 17.6. The summed E-state index contributed by atoms with van der Waals surface area (Å²) in [4.78, 5) is 30.5. The molecule has 126 valence electrons. The van der Waals surface area contributed by atoms with Crippen LogP contribution in [-0.4, -0.2) is 21.2 Å². The number of halogens is 1. The minimum atomic E-state index is -1.16. The number of rotatable bonds is 3. The highest BCUT2D eigenvalue weighted by Crippen LogP contribution is 2.53. The number of nitrogens with zero attached hydrogens (tertiary/aromatic N) is 1. The number of benzene rings is 2. The van der Waals surface area contributed by atoms with Gasteiger partial charge in [-0.2, -0.15) is 0 Å². The average Bonchev–Trinajstić information content (AvgIpc) is 3.34. The Labute approximate surface area is 147 Å². The van der Waals surface area contributed by atoms with Crippen LogP contribution in [0.2, 0.25) is 5.02 Å². The van der Waals surface area contributed by atoms with Crippen LogP contribution in [0.15, 0.2) is 47.3 Å². The standard InChI is InChI=1S/C18H14ClN3O3/c19-10-3-1-2-9(6-10)13-8-14(13)16-21-15-7-11(20-18(24)25)4-5-12(15)17(23)22-16/h1-7,13-14,20H,8H2,(H,24,25)(H,21,22,23)/t13-,14+/m1/s1. The molecule has 0 aliphatic heterocycles. The van der Waals surface area contributed by atoms with E-state index in [1.54, 1.807) is 18.2 Å². The molecule has 4 rings (SSSR count). The predicted octanol–water partition coefficient (Wildman–Crippen LogP) is 3.94. The quantitative estimate of drug-likeness (QED) is 0.663. The smallest absolute Gasteiger partial charge is 0.409 e. The Kier molecular flexibility index (Phi) is 3.69. The molecule has 2 atom stereocenters. The second-order valence-corrected chi connectivity index (χ2v) is 6.55. The highest BCUT2D eigenvalue weighted by molar-refractivity contribution is 6.30. The first kappa shape index (κ1) is 15.7. The molecule has 3 N–H and O–H groups in total. The van der Waals surface area contributed by atoms with Crippen LogP contribution in [-0.2, 0) is 0 Å². The van der Waals surface area contributed by atoms with E-state index in [0.717, 1.165) is 12.0 Å². The van der Waals surface area contributed by atoms with Crippen molar-refractivity contribution in [2.75, 3.05) is 5.32 Å². The summed E-state index contributed by atoms with van der Waals surface area (Å²) < 4.78 is 0. The number of aromatic amines is 1. The number of carbonyl (C=O) groups is 1. The average molecular weight is 356 g/mol. The topological polar surface area (TPSA) is 95.1 Å². The largest absolute Gasteiger partial charge is 0.465 e. The van der Waals surface area contributed by atoms with E-state index in [1.807, 2.05) is 24.3 Å². The van der Waals surface area contributed by atoms with Gasteiger partial charge in [-0.3, -0.25) is 10.1 Å². The Balaban J connectivity index is 1.69. The van der Waals surface area contributed by atoms with Gasteiger partial charge in [0.1, 0.15) is 5.82 Å². The molecule has 0 saturated heterocycles. The lowest BCUT2D eigenvalue weighted by atomic mass is 10.1. The van der Waals surface area contributed by atoms with Crippen molar-refractivity contribution in [1.29, 1.82) is 0 Å². The van der Waals surface area contributed by atoms with E-state index in [4.69, 9.17) is 16.7 Å². The maximum Gasteiger partial charge on any atom is 0.409 e. The van der Waals surface area contributed by atoms with Crippen LogP contribution >= 0.6 is 11.6 Å². The first-order chi connectivity index (χ1) is 12.0. The molecule has 7 heteroatoms. The first-order valence-corrected chi connectivity index (χ1v) is 8.18. The molecule has 0 unspecified atom stereocenters. The van der Waals surface area contributed by atoms with Crippen LogP contribution in [0.5, 0.6) is 0 Å². The van der Waals surface area contributed by atoms with Gasteiger partial charge in [-0.25, -0.2) is 9.78 Å². The third-order valence-electron chi connectivity index (χ3n) is 4.39. The number of anilines is 1. The van der Waals surface area contributed by atoms with Gasteiger partial charge >= 0.3 is 6.09 Å². The Morgan fingerprint density at radius 3 is 2.84 bits per heavy atom. The second kappa shape index (κ2) is 5.89. The lowest BCUT2D eigenvalue weighted by molar-refractivity contribution is 0.210. The molecule has 3 aromatic rings. The van der Waals surface area contributed by atoms with Gasteiger partial charge in [-0.05, 0) is 48.2 Å². The third-order valence-corrected chi connectivity index (χ3v) is 4.63. The van der Waals surface area contributed by atoms with E-state index in [-0.39, 0.29) is 17.4 Å². The van der Waals surface area contributed by atoms with Crippen LogP contribution in [0.1, 0.15) is 29.6 Å². The molecule has 0 radical (unpaired) electrons. The minimum Gasteiger partial charge on any atom is -0.465 e. The van der Waals surface area contributed by atoms with E-state index in [9.17, 15) is 9.59 Å². The predicted molar refractivity (Wildman–Crippen MR) is 95.6 cm³/mol. The molecule has 6 nitrogen and oxygen atoms in total. The summed E-state index contributed by atoms with van der Waals surface area (Å²) in [5, 5.41) is 12.2. The molecule has 1 aliphatic rings. The number of fused-ring (bicyclic) bond motifs is 1. The Morgan fingerprint density at radius 1 is 1.24 bits per heavy atom. The normalized spacial score (nSPS) is 18.9. The highest BCUT2D eigenvalue weighted by Gasteiger charge is 2.41. The maximum atomic E-state index is 12.3. The van der Waals surface area contributed by atoms with Crippen LogP contribution in [0.3, 0.4) is 0 Å². The molecular formula is C18H14ClN3O3. The van der Waals surface area contributed by atoms with Crippen molar-refractivity contribution in [3.63, 3.8) is 0 Å². The van der Waals surface area contributed by atoms with Crippen molar-refractivity contribution < 1.29 is 9.90 Å². The number of aromatic nitrogens is 2. The lowest BCUT2D eigenvalue weighted by Gasteiger charge is -2.06. The first-order valence-electron chi connectivity index (χ1n) is 7.80. The highest BCUT2D eigenvalue weighted by atomic mass is 35.5. The molecule has 2 aromatic carbocycles. The van der Waals surface area contributed by atoms with Gasteiger partial charge in [0.15, 0.2) is 0 Å². The van der Waals surface area contributed by atoms with Crippen molar-refractivity contribution in [3.8, 4) is 0 Å². The number of amides is 1. The van der Waals surface area contributed by atoms with E-state index >= 15 is 0 Å². The van der Waals surface area contributed by atoms with Gasteiger partial charge in [-0.1, -0.05) is 23.7 Å². The van der Waals surface area contributed by atoms with Crippen LogP contribution < -0.4 is 10.9 Å². The monoisotopic (exact) mass is 355 g/mol. The zero-order valence-corrected chi connectivity index (χ0v) is 13.7. The zero-order valence-electron chi connectivity index (χ0n) is 13.0. The second-order valence-electron chi connectivity index (χ2n) is 6.12. The fourth-order valence-electron chi connectivity index (χ4n) is 3.14. The van der Waals surface area contributed by atoms with Gasteiger partial charge in [0.25, 0.3) is 5.56 Å². The van der Waals surface area contributed by atoms with Crippen LogP contribution in [0.25, 0.3) is 10.9 Å². The molecule has 1 aliphatic carbocycles. The number of hydrogen-bond acceptors (Lipinski definition) is 3. The molecule has 1 fully saturated rings. The maximum absolute atomic E-state index is 12.3. The van der Waals surface area contributed by atoms with Crippen LogP contribution in [0.4, 0.5) is 10.5 Å². The molecule has 0 bridgehead atoms. The summed E-state index contributed by atoms with van der Waals surface area (Å²) in [5.41, 5.74) is 1.76. The SMILES string of the molecule is O=C(O)Nc1ccc2c(=O)[nH]c([C@H]3C[C@@H]3c3cccc(Cl)c3)nc2c1. The van der Waals surface area contributed by atoms with Crippen molar-refractivity contribution in [3.05, 3.63) is 69.2 Å². The van der Waals surface area contributed by atoms with E-state index in [1.165, 1.54) is 0 Å². The van der Waals surface area contributed by atoms with Gasteiger partial charge < -0.3 is 10.1 Å². The molecule has 1 aromatic heterocycles. The van der Waals surface area contributed by atoms with Crippen molar-refractivity contribution >= 4 is 34.3 Å². The van der Waals surface area contributed by atoms with Crippen LogP contribution in [0, 0.1) is 0 Å². The number of carboxylic acid groups (broad SMARTS) is 1. The van der Waals surface area contributed by atoms with Gasteiger partial charge in [0.2, 0.25) is 0 Å². The fourth-order valence-corrected chi connectivity index (χ4v) is 3.34. The third kappa shape index (κ3) is 3.08. The van der Waals surface area contributed by atoms with E-state index < -0.39 is 6.09 Å². The number of H-pyrrole nitrogens is 1.